The normalized spacial score (nSPS) is 12.9. The maximum Gasteiger partial charge on any atom is 0.104 e. The third kappa shape index (κ3) is 5.46. The lowest BCUT2D eigenvalue weighted by Crippen LogP contribution is -2.25. The third-order valence-electron chi connectivity index (χ3n) is 15.5. The molecule has 15 rings (SSSR count). The summed E-state index contributed by atoms with van der Waals surface area (Å²) in [4.78, 5) is 4.77. The quantitative estimate of drug-likeness (QED) is 0.173. The van der Waals surface area contributed by atoms with Crippen LogP contribution in [-0.4, -0.2) is 14.1 Å². The van der Waals surface area contributed by atoms with E-state index in [1.807, 2.05) is 6.20 Å². The van der Waals surface area contributed by atoms with E-state index in [-0.39, 0.29) is 0 Å². The summed E-state index contributed by atoms with van der Waals surface area (Å²) < 4.78 is 4.64. The zero-order valence-corrected chi connectivity index (χ0v) is 38.4. The van der Waals surface area contributed by atoms with Gasteiger partial charge in [-0.25, -0.2) is 0 Å². The van der Waals surface area contributed by atoms with Crippen molar-refractivity contribution in [1.82, 2.24) is 14.1 Å². The van der Waals surface area contributed by atoms with Gasteiger partial charge in [-0.1, -0.05) is 170 Å². The van der Waals surface area contributed by atoms with Crippen LogP contribution >= 0.6 is 0 Å². The number of fused-ring (bicyclic) bond motifs is 16. The van der Waals surface area contributed by atoms with E-state index in [9.17, 15) is 5.26 Å². The molecule has 0 bridgehead atoms. The first kappa shape index (κ1) is 39.4. The van der Waals surface area contributed by atoms with Gasteiger partial charge in [-0.15, -0.1) is 0 Å². The molecule has 4 heteroatoms. The van der Waals surface area contributed by atoms with E-state index in [1.165, 1.54) is 38.9 Å². The zero-order chi connectivity index (χ0) is 46.8. The van der Waals surface area contributed by atoms with E-state index in [4.69, 9.17) is 4.98 Å². The van der Waals surface area contributed by atoms with Gasteiger partial charge in [0, 0.05) is 39.5 Å². The first-order valence-electron chi connectivity index (χ1n) is 24.2. The van der Waals surface area contributed by atoms with Crippen molar-refractivity contribution in [1.29, 1.82) is 5.26 Å². The lowest BCUT2D eigenvalue weighted by atomic mass is 9.70. The Morgan fingerprint density at radius 2 is 0.789 bits per heavy atom. The number of rotatable bonds is 5. The monoisotopic (exact) mass is 900 g/mol. The fourth-order valence-electron chi connectivity index (χ4n) is 12.5. The highest BCUT2D eigenvalue weighted by Gasteiger charge is 2.51. The summed E-state index contributed by atoms with van der Waals surface area (Å²) in [6.07, 6.45) is 3.99. The van der Waals surface area contributed by atoms with Crippen LogP contribution in [0, 0.1) is 11.3 Å². The van der Waals surface area contributed by atoms with Crippen LogP contribution in [0.3, 0.4) is 0 Å². The molecule has 1 spiro atoms. The Labute approximate surface area is 410 Å². The van der Waals surface area contributed by atoms with Gasteiger partial charge in [-0.3, -0.25) is 4.98 Å². The zero-order valence-electron chi connectivity index (χ0n) is 38.4. The second-order valence-corrected chi connectivity index (χ2v) is 18.9. The number of benzene rings is 10. The molecule has 2 aliphatic rings. The van der Waals surface area contributed by atoms with Gasteiger partial charge >= 0.3 is 0 Å². The number of nitriles is 1. The summed E-state index contributed by atoms with van der Waals surface area (Å²) in [6, 6.07) is 86.2. The molecule has 3 heterocycles. The van der Waals surface area contributed by atoms with Gasteiger partial charge < -0.3 is 9.13 Å². The minimum Gasteiger partial charge on any atom is -0.308 e. The fourth-order valence-corrected chi connectivity index (χ4v) is 12.5. The highest BCUT2D eigenvalue weighted by Crippen LogP contribution is 2.63. The molecule has 0 unspecified atom stereocenters. The van der Waals surface area contributed by atoms with Crippen LogP contribution in [0.25, 0.3) is 111 Å². The Hall–Kier alpha value is -9.56. The molecular formula is C67H40N4. The molecule has 10 aromatic carbocycles. The third-order valence-corrected chi connectivity index (χ3v) is 15.5. The van der Waals surface area contributed by atoms with Crippen molar-refractivity contribution in [2.24, 2.45) is 0 Å². The molecule has 0 N–H and O–H groups in total. The van der Waals surface area contributed by atoms with Crippen LogP contribution < -0.4 is 0 Å². The number of para-hydroxylation sites is 2. The molecule has 0 saturated heterocycles. The number of hydrogen-bond acceptors (Lipinski definition) is 2. The van der Waals surface area contributed by atoms with E-state index in [0.717, 1.165) is 93.9 Å². The van der Waals surface area contributed by atoms with Crippen LogP contribution in [0.1, 0.15) is 27.8 Å². The first-order valence-corrected chi connectivity index (χ1v) is 24.2. The minimum absolute atomic E-state index is 0.483. The Kier molecular flexibility index (Phi) is 8.31. The van der Waals surface area contributed by atoms with Gasteiger partial charge in [0.05, 0.1) is 38.9 Å². The predicted octanol–water partition coefficient (Wildman–Crippen LogP) is 16.5. The van der Waals surface area contributed by atoms with Crippen molar-refractivity contribution >= 4 is 43.6 Å². The molecule has 0 atom stereocenters. The topological polar surface area (TPSA) is 46.5 Å². The number of hydrogen-bond donors (Lipinski definition) is 0. The van der Waals surface area contributed by atoms with Gasteiger partial charge in [0.25, 0.3) is 0 Å². The van der Waals surface area contributed by atoms with E-state index < -0.39 is 5.41 Å². The molecule has 13 aromatic rings. The van der Waals surface area contributed by atoms with E-state index in [2.05, 4.69) is 252 Å². The van der Waals surface area contributed by atoms with Gasteiger partial charge in [-0.05, 0) is 133 Å². The van der Waals surface area contributed by atoms with E-state index >= 15 is 0 Å². The van der Waals surface area contributed by atoms with Crippen molar-refractivity contribution in [3.05, 3.63) is 271 Å². The van der Waals surface area contributed by atoms with Gasteiger partial charge in [0.1, 0.15) is 11.6 Å². The van der Waals surface area contributed by atoms with Crippen LogP contribution in [-0.2, 0) is 5.41 Å². The Bertz CT molecular complexity index is 4190. The average Bonchev–Trinajstić information content (AvgIpc) is 4.15. The SMILES string of the molecule is N#Cc1c(-n2c3ccccc3c3cc(-c4ccccc4)ccc32)cc(-c2ccc3c(c2)-c2cnccc2C32c3ccccc3-c3ccccc32)cc1-n1c2ccccc2c2cc(-c3ccccc3)ccc21. The number of aromatic nitrogens is 3. The molecule has 0 fully saturated rings. The average molecular weight is 901 g/mol. The molecule has 2 aliphatic carbocycles. The highest BCUT2D eigenvalue weighted by molar-refractivity contribution is 6.13. The van der Waals surface area contributed by atoms with Gasteiger partial charge in [0.15, 0.2) is 0 Å². The summed E-state index contributed by atoms with van der Waals surface area (Å²) in [5, 5.41) is 16.3. The summed E-state index contributed by atoms with van der Waals surface area (Å²) in [7, 11) is 0. The van der Waals surface area contributed by atoms with Crippen LogP contribution in [0.15, 0.2) is 243 Å². The molecule has 0 amide bonds. The summed E-state index contributed by atoms with van der Waals surface area (Å²) in [5.41, 5.74) is 22.5. The lowest BCUT2D eigenvalue weighted by Gasteiger charge is -2.30. The van der Waals surface area contributed by atoms with Crippen molar-refractivity contribution in [3.63, 3.8) is 0 Å². The molecular weight excluding hydrogens is 861 g/mol. The maximum absolute atomic E-state index is 11.8. The maximum atomic E-state index is 11.8. The molecule has 3 aromatic heterocycles. The van der Waals surface area contributed by atoms with E-state index in [1.54, 1.807) is 0 Å². The Morgan fingerprint density at radius 1 is 0.338 bits per heavy atom. The fraction of sp³-hybridized carbons (Fsp3) is 0.0149. The van der Waals surface area contributed by atoms with E-state index in [0.29, 0.717) is 5.56 Å². The Balaban J connectivity index is 1.03. The van der Waals surface area contributed by atoms with Crippen molar-refractivity contribution in [3.8, 4) is 73.1 Å². The molecule has 71 heavy (non-hydrogen) atoms. The highest BCUT2D eigenvalue weighted by atomic mass is 15.0. The summed E-state index contributed by atoms with van der Waals surface area (Å²) in [6.45, 7) is 0. The van der Waals surface area contributed by atoms with Gasteiger partial charge in [-0.2, -0.15) is 5.26 Å². The largest absolute Gasteiger partial charge is 0.308 e. The summed E-state index contributed by atoms with van der Waals surface area (Å²) >= 11 is 0. The first-order chi connectivity index (χ1) is 35.2. The minimum atomic E-state index is -0.483. The molecule has 328 valence electrons. The number of nitrogens with zero attached hydrogens (tertiary/aromatic N) is 4. The molecule has 0 radical (unpaired) electrons. The predicted molar refractivity (Wildman–Crippen MR) is 290 cm³/mol. The van der Waals surface area contributed by atoms with Crippen LogP contribution in [0.2, 0.25) is 0 Å². The number of pyridine rings is 1. The van der Waals surface area contributed by atoms with Crippen LogP contribution in [0.5, 0.6) is 0 Å². The van der Waals surface area contributed by atoms with Crippen LogP contribution in [0.4, 0.5) is 0 Å². The van der Waals surface area contributed by atoms with Gasteiger partial charge in [0.2, 0.25) is 0 Å². The molecule has 0 saturated carbocycles. The van der Waals surface area contributed by atoms with Crippen molar-refractivity contribution in [2.75, 3.05) is 0 Å². The second-order valence-electron chi connectivity index (χ2n) is 18.9. The molecule has 4 nitrogen and oxygen atoms in total. The van der Waals surface area contributed by atoms with Crippen molar-refractivity contribution in [2.45, 2.75) is 5.41 Å². The smallest absolute Gasteiger partial charge is 0.104 e. The Morgan fingerprint density at radius 3 is 1.35 bits per heavy atom. The van der Waals surface area contributed by atoms with Crippen molar-refractivity contribution < 1.29 is 0 Å². The lowest BCUT2D eigenvalue weighted by molar-refractivity contribution is 0.792. The second kappa shape index (κ2) is 15.0. The standard InChI is InChI=1S/C67H40N4/c68-40-55-65(70-61-25-13-9-21-50(61)53-36-44(28-31-63(53)70)42-15-3-1-4-16-42)38-47(39-66(55)71-62-26-14-10-22-51(62)54-37-45(29-32-64(54)71)43-17-5-2-6-18-43)46-27-30-59-52(35-46)56-41-69-34-33-60(56)67(59)57-23-11-7-19-48(57)49-20-8-12-24-58(49)67/h1-39,41H. The summed E-state index contributed by atoms with van der Waals surface area (Å²) in [5.74, 6) is 0. The molecule has 0 aliphatic heterocycles.